The summed E-state index contributed by atoms with van der Waals surface area (Å²) in [5, 5.41) is 44.3. The van der Waals surface area contributed by atoms with Crippen molar-refractivity contribution < 1.29 is 34.8 Å². The van der Waals surface area contributed by atoms with Crippen molar-refractivity contribution in [1.82, 2.24) is 0 Å². The van der Waals surface area contributed by atoms with E-state index >= 15 is 0 Å². The van der Waals surface area contributed by atoms with Gasteiger partial charge >= 0.3 is 17.9 Å². The van der Waals surface area contributed by atoms with Gasteiger partial charge in [-0.15, -0.1) is 0 Å². The summed E-state index contributed by atoms with van der Waals surface area (Å²) in [6, 6.07) is 0. The smallest absolute Gasteiger partial charge is 0.337 e. The highest BCUT2D eigenvalue weighted by molar-refractivity contribution is 5.94. The number of rotatable bonds is 14. The molecule has 0 fully saturated rings. The van der Waals surface area contributed by atoms with E-state index in [0.717, 1.165) is 0 Å². The Kier molecular flexibility index (Phi) is 10.0. The molecule has 0 aromatic heterocycles. The molecule has 0 heterocycles. The Hall–Kier alpha value is -1.63. The van der Waals surface area contributed by atoms with Crippen LogP contribution in [0.4, 0.5) is 0 Å². The molecule has 5 atom stereocenters. The molecule has 0 radical (unpaired) electrons. The molecular weight excluding hydrogens is 436 g/mol. The first-order valence-corrected chi connectivity index (χ1v) is 12.5. The van der Waals surface area contributed by atoms with Gasteiger partial charge in [-0.05, 0) is 34.0 Å². The van der Waals surface area contributed by atoms with Crippen molar-refractivity contribution in [3.63, 3.8) is 0 Å². The number of hydrogen-bond acceptors (Lipinski definition) is 4. The lowest BCUT2D eigenvalue weighted by Crippen LogP contribution is -2.72. The van der Waals surface area contributed by atoms with Crippen LogP contribution in [0.25, 0.3) is 0 Å². The molecule has 4 N–H and O–H groups in total. The number of carboxylic acids is 3. The van der Waals surface area contributed by atoms with Crippen LogP contribution in [0.5, 0.6) is 0 Å². The number of carboxylic acid groups (broad SMARTS) is 3. The molecule has 7 nitrogen and oxygen atoms in total. The fraction of sp³-hybridized carbons (Fsp3) is 0.889. The maximum Gasteiger partial charge on any atom is 0.337 e. The Morgan fingerprint density at radius 1 is 0.647 bits per heavy atom. The van der Waals surface area contributed by atoms with Gasteiger partial charge in [0.15, 0.2) is 5.60 Å². The van der Waals surface area contributed by atoms with Crippen molar-refractivity contribution in [2.75, 3.05) is 0 Å². The van der Waals surface area contributed by atoms with Gasteiger partial charge in [0, 0.05) is 0 Å². The van der Waals surface area contributed by atoms with E-state index in [1.165, 1.54) is 0 Å². The van der Waals surface area contributed by atoms with Crippen molar-refractivity contribution in [1.29, 1.82) is 0 Å². The second-order valence-electron chi connectivity index (χ2n) is 12.3. The van der Waals surface area contributed by atoms with Gasteiger partial charge in [0.1, 0.15) is 11.3 Å². The molecule has 200 valence electrons. The normalized spacial score (nSPS) is 20.4. The minimum absolute atomic E-state index is 0.520. The molecule has 0 aliphatic carbocycles. The lowest BCUT2D eigenvalue weighted by molar-refractivity contribution is -0.242. The van der Waals surface area contributed by atoms with E-state index in [9.17, 15) is 34.8 Å². The minimum Gasteiger partial charge on any atom is -0.481 e. The van der Waals surface area contributed by atoms with Crippen molar-refractivity contribution >= 4 is 17.9 Å². The Balaban J connectivity index is 8.03. The highest BCUT2D eigenvalue weighted by Gasteiger charge is 2.74. The molecule has 0 saturated carbocycles. The monoisotopic (exact) mass is 486 g/mol. The lowest BCUT2D eigenvalue weighted by Gasteiger charge is -2.58. The molecule has 0 amide bonds. The summed E-state index contributed by atoms with van der Waals surface area (Å²) in [7, 11) is 0. The summed E-state index contributed by atoms with van der Waals surface area (Å²) in [5.41, 5.74) is -7.43. The summed E-state index contributed by atoms with van der Waals surface area (Å²) in [6.45, 7) is 21.6. The zero-order valence-corrected chi connectivity index (χ0v) is 23.4. The van der Waals surface area contributed by atoms with Crippen molar-refractivity contribution in [2.24, 2.45) is 45.3 Å². The van der Waals surface area contributed by atoms with Crippen LogP contribution in [0.1, 0.15) is 102 Å². The molecule has 0 aromatic rings. The Morgan fingerprint density at radius 3 is 1.18 bits per heavy atom. The van der Waals surface area contributed by atoms with Crippen LogP contribution in [-0.2, 0) is 14.4 Å². The van der Waals surface area contributed by atoms with Crippen LogP contribution in [0.2, 0.25) is 0 Å². The van der Waals surface area contributed by atoms with Crippen molar-refractivity contribution in [3.05, 3.63) is 0 Å². The lowest BCUT2D eigenvalue weighted by atomic mass is 9.44. The topological polar surface area (TPSA) is 132 Å². The SMILES string of the molecule is CCC(C)(C)C(C)C(C(=O)O)C(O)(C(=O)O)C(C(=O)O)(C(C)C(C)(C)CC)C(C)C(C)(C)CC. The summed E-state index contributed by atoms with van der Waals surface area (Å²) < 4.78 is 0. The molecule has 0 aliphatic heterocycles. The van der Waals surface area contributed by atoms with E-state index in [1.54, 1.807) is 20.8 Å². The van der Waals surface area contributed by atoms with E-state index in [2.05, 4.69) is 0 Å². The summed E-state index contributed by atoms with van der Waals surface area (Å²) in [4.78, 5) is 39.3. The summed E-state index contributed by atoms with van der Waals surface area (Å²) in [5.74, 6) is -9.21. The van der Waals surface area contributed by atoms with Crippen molar-refractivity contribution in [2.45, 2.75) is 108 Å². The molecule has 5 unspecified atom stereocenters. The van der Waals surface area contributed by atoms with Crippen LogP contribution in [0, 0.1) is 45.3 Å². The molecule has 0 saturated heterocycles. The molecule has 0 spiro atoms. The van der Waals surface area contributed by atoms with Gasteiger partial charge < -0.3 is 20.4 Å². The van der Waals surface area contributed by atoms with E-state index in [4.69, 9.17) is 0 Å². The Bertz CT molecular complexity index is 730. The highest BCUT2D eigenvalue weighted by Crippen LogP contribution is 2.61. The Morgan fingerprint density at radius 2 is 0.971 bits per heavy atom. The van der Waals surface area contributed by atoms with Crippen molar-refractivity contribution in [3.8, 4) is 0 Å². The van der Waals surface area contributed by atoms with Gasteiger partial charge in [-0.2, -0.15) is 0 Å². The van der Waals surface area contributed by atoms with Gasteiger partial charge in [0.2, 0.25) is 0 Å². The van der Waals surface area contributed by atoms with Crippen LogP contribution >= 0.6 is 0 Å². The molecule has 7 heteroatoms. The van der Waals surface area contributed by atoms with E-state index < -0.39 is 68.8 Å². The summed E-state index contributed by atoms with van der Waals surface area (Å²) >= 11 is 0. The third kappa shape index (κ3) is 5.00. The van der Waals surface area contributed by atoms with Crippen LogP contribution in [0.3, 0.4) is 0 Å². The van der Waals surface area contributed by atoms with Crippen LogP contribution < -0.4 is 0 Å². The maximum atomic E-state index is 13.4. The Labute approximate surface area is 206 Å². The van der Waals surface area contributed by atoms with E-state index in [0.29, 0.717) is 19.3 Å². The van der Waals surface area contributed by atoms with Gasteiger partial charge in [-0.3, -0.25) is 9.59 Å². The quantitative estimate of drug-likeness (QED) is 0.244. The second kappa shape index (κ2) is 10.5. The van der Waals surface area contributed by atoms with Crippen LogP contribution in [-0.4, -0.2) is 43.9 Å². The molecule has 0 rings (SSSR count). The predicted octanol–water partition coefficient (Wildman–Crippen LogP) is 5.79. The number of aliphatic hydroxyl groups is 1. The molecule has 0 aromatic carbocycles. The number of carbonyl (C=O) groups is 3. The van der Waals surface area contributed by atoms with E-state index in [1.807, 2.05) is 62.3 Å². The largest absolute Gasteiger partial charge is 0.481 e. The first kappa shape index (κ1) is 32.4. The standard InChI is InChI=1S/C27H50O7/c1-13-23(7,8)16(4)19(20(28)29)27(34,22(32)33)26(21(30)31,17(5)24(9,10)14-2)18(6)25(11,12)15-3/h16-19,34H,13-15H2,1-12H3,(H,28,29)(H,30,31)(H,32,33). The average molecular weight is 487 g/mol. The number of hydrogen-bond donors (Lipinski definition) is 4. The second-order valence-corrected chi connectivity index (χ2v) is 12.3. The zero-order chi connectivity index (χ0) is 27.7. The molecule has 0 bridgehead atoms. The first-order valence-electron chi connectivity index (χ1n) is 12.5. The molecule has 34 heavy (non-hydrogen) atoms. The van der Waals surface area contributed by atoms with Gasteiger partial charge in [-0.1, -0.05) is 102 Å². The third-order valence-corrected chi connectivity index (χ3v) is 10.2. The maximum absolute atomic E-state index is 13.4. The highest BCUT2D eigenvalue weighted by atomic mass is 16.4. The minimum atomic E-state index is -3.08. The average Bonchev–Trinajstić information content (AvgIpc) is 2.72. The third-order valence-electron chi connectivity index (χ3n) is 10.2. The first-order chi connectivity index (χ1) is 15.1. The van der Waals surface area contributed by atoms with Crippen LogP contribution in [0.15, 0.2) is 0 Å². The molecule has 0 aliphatic rings. The fourth-order valence-corrected chi connectivity index (χ4v) is 5.51. The fourth-order valence-electron chi connectivity index (χ4n) is 5.51. The summed E-state index contributed by atoms with van der Waals surface area (Å²) in [6.07, 6.45) is 1.57. The van der Waals surface area contributed by atoms with Gasteiger partial charge in [0.25, 0.3) is 0 Å². The predicted molar refractivity (Wildman–Crippen MR) is 133 cm³/mol. The zero-order valence-electron chi connectivity index (χ0n) is 23.4. The van der Waals surface area contributed by atoms with Gasteiger partial charge in [-0.25, -0.2) is 4.79 Å². The molecular formula is C27H50O7. The van der Waals surface area contributed by atoms with Gasteiger partial charge in [0.05, 0.1) is 0 Å². The van der Waals surface area contributed by atoms with E-state index in [-0.39, 0.29) is 0 Å². The number of aliphatic carboxylic acids is 3.